The molecule has 1 heterocycles. The molecule has 0 bridgehead atoms. The highest BCUT2D eigenvalue weighted by Gasteiger charge is 2.28. The van der Waals surface area contributed by atoms with Crippen LogP contribution in [0.4, 0.5) is 0 Å². The van der Waals surface area contributed by atoms with Crippen molar-refractivity contribution in [2.24, 2.45) is 5.73 Å². The van der Waals surface area contributed by atoms with Gasteiger partial charge in [0.15, 0.2) is 0 Å². The third-order valence-corrected chi connectivity index (χ3v) is 3.57. The topological polar surface area (TPSA) is 83.6 Å². The minimum absolute atomic E-state index is 0. The second kappa shape index (κ2) is 7.99. The average molecular weight is 340 g/mol. The Morgan fingerprint density at radius 3 is 2.39 bits per heavy atom. The molecule has 0 saturated heterocycles. The molecule has 126 valence electrons. The highest BCUT2D eigenvalue weighted by molar-refractivity contribution is 6.13. The van der Waals surface area contributed by atoms with Gasteiger partial charge < -0.3 is 32.2 Å². The number of ether oxygens (including phenoxy) is 2. The average Bonchev–Trinajstić information content (AvgIpc) is 2.84. The number of fused-ring (bicyclic) bond motifs is 1. The van der Waals surface area contributed by atoms with Crippen molar-refractivity contribution in [2.45, 2.75) is 19.9 Å². The number of hydrogen-bond acceptors (Lipinski definition) is 5. The molecule has 6 nitrogen and oxygen atoms in total. The normalized spacial score (nSPS) is 10.3. The van der Waals surface area contributed by atoms with E-state index in [1.807, 2.05) is 25.1 Å². The zero-order valence-corrected chi connectivity index (χ0v) is 14.1. The molecule has 23 heavy (non-hydrogen) atoms. The molecule has 0 aliphatic carbocycles. The highest BCUT2D eigenvalue weighted by Crippen LogP contribution is 2.29. The predicted molar refractivity (Wildman–Crippen MR) is 83.0 cm³/mol. The molecule has 1 aromatic carbocycles. The van der Waals surface area contributed by atoms with Crippen LogP contribution in [-0.2, 0) is 16.0 Å². The van der Waals surface area contributed by atoms with E-state index in [0.717, 1.165) is 11.1 Å². The fourth-order valence-electron chi connectivity index (χ4n) is 2.57. The molecule has 0 saturated carbocycles. The summed E-state index contributed by atoms with van der Waals surface area (Å²) in [6.07, 6.45) is 0.683. The number of carbonyl (C=O) groups excluding carboxylic acids is 2. The van der Waals surface area contributed by atoms with Gasteiger partial charge in [-0.05, 0) is 32.0 Å². The van der Waals surface area contributed by atoms with E-state index < -0.39 is 11.9 Å². The Balaban J connectivity index is 0.00000264. The van der Waals surface area contributed by atoms with E-state index in [-0.39, 0.29) is 23.7 Å². The van der Waals surface area contributed by atoms with Gasteiger partial charge in [0.05, 0.1) is 14.2 Å². The van der Waals surface area contributed by atoms with Crippen molar-refractivity contribution in [3.63, 3.8) is 0 Å². The van der Waals surface area contributed by atoms with Gasteiger partial charge in [-0.2, -0.15) is 0 Å². The molecule has 0 aliphatic rings. The number of rotatable bonds is 5. The summed E-state index contributed by atoms with van der Waals surface area (Å²) in [5, 5.41) is 0.685. The summed E-state index contributed by atoms with van der Waals surface area (Å²) < 4.78 is 11.5. The Kier molecular flexibility index (Phi) is 6.60. The van der Waals surface area contributed by atoms with Crippen LogP contribution < -0.4 is 18.1 Å². The molecule has 0 radical (unpaired) electrons. The first kappa shape index (κ1) is 19.0. The molecule has 2 rings (SSSR count). The lowest BCUT2D eigenvalue weighted by Gasteiger charge is -2.09. The molecule has 0 atom stereocenters. The van der Waals surface area contributed by atoms with Gasteiger partial charge in [0.1, 0.15) is 11.3 Å². The molecule has 2 aromatic rings. The summed E-state index contributed by atoms with van der Waals surface area (Å²) >= 11 is 0. The van der Waals surface area contributed by atoms with Crippen LogP contribution in [0.15, 0.2) is 18.2 Å². The van der Waals surface area contributed by atoms with Crippen molar-refractivity contribution in [3.8, 4) is 0 Å². The zero-order valence-electron chi connectivity index (χ0n) is 13.4. The minimum Gasteiger partial charge on any atom is -1.00 e. The van der Waals surface area contributed by atoms with Crippen LogP contribution in [0.3, 0.4) is 0 Å². The number of aryl methyl sites for hydroxylation is 2. The molecule has 0 spiro atoms. The van der Waals surface area contributed by atoms with Crippen molar-refractivity contribution in [1.82, 2.24) is 4.57 Å². The van der Waals surface area contributed by atoms with Crippen LogP contribution in [-0.4, -0.2) is 37.3 Å². The number of hydrogen-bond donors (Lipinski definition) is 1. The molecular formula is C16H20ClN2O4-. The third kappa shape index (κ3) is 3.48. The van der Waals surface area contributed by atoms with Gasteiger partial charge in [-0.15, -0.1) is 0 Å². The van der Waals surface area contributed by atoms with E-state index in [0.29, 0.717) is 24.9 Å². The molecule has 7 heteroatoms. The first-order valence-electron chi connectivity index (χ1n) is 7.04. The monoisotopic (exact) mass is 339 g/mol. The van der Waals surface area contributed by atoms with Crippen molar-refractivity contribution >= 4 is 22.8 Å². The minimum atomic E-state index is -0.564. The number of halogens is 1. The summed E-state index contributed by atoms with van der Waals surface area (Å²) in [7, 11) is 2.59. The first-order valence-corrected chi connectivity index (χ1v) is 7.04. The maximum atomic E-state index is 12.2. The zero-order chi connectivity index (χ0) is 16.3. The second-order valence-electron chi connectivity index (χ2n) is 5.02. The number of nitrogens with two attached hydrogens (primary N) is 1. The fourth-order valence-corrected chi connectivity index (χ4v) is 2.57. The van der Waals surface area contributed by atoms with Gasteiger partial charge in [0.25, 0.3) is 0 Å². The molecule has 2 N–H and O–H groups in total. The van der Waals surface area contributed by atoms with Crippen molar-refractivity contribution in [1.29, 1.82) is 0 Å². The number of nitrogens with zero attached hydrogens (tertiary/aromatic N) is 1. The largest absolute Gasteiger partial charge is 1.00 e. The van der Waals surface area contributed by atoms with E-state index in [9.17, 15) is 9.59 Å². The Labute approximate surface area is 140 Å². The molecule has 0 fully saturated rings. The molecule has 0 amide bonds. The van der Waals surface area contributed by atoms with Gasteiger partial charge in [0, 0.05) is 17.4 Å². The summed E-state index contributed by atoms with van der Waals surface area (Å²) in [5.74, 6) is -1.12. The van der Waals surface area contributed by atoms with Crippen molar-refractivity contribution in [3.05, 3.63) is 35.0 Å². The van der Waals surface area contributed by atoms with Gasteiger partial charge in [-0.3, -0.25) is 0 Å². The maximum absolute atomic E-state index is 12.2. The highest BCUT2D eigenvalue weighted by atomic mass is 35.5. The number of methoxy groups -OCH3 is 2. The lowest BCUT2D eigenvalue weighted by atomic mass is 10.1. The van der Waals surface area contributed by atoms with Crippen LogP contribution >= 0.6 is 0 Å². The van der Waals surface area contributed by atoms with Crippen LogP contribution in [0, 0.1) is 6.92 Å². The maximum Gasteiger partial charge on any atom is 0.355 e. The summed E-state index contributed by atoms with van der Waals surface area (Å²) in [6, 6.07) is 5.69. The van der Waals surface area contributed by atoms with Crippen LogP contribution in [0.5, 0.6) is 0 Å². The fraction of sp³-hybridized carbons (Fsp3) is 0.375. The van der Waals surface area contributed by atoms with Crippen LogP contribution in [0.1, 0.15) is 32.8 Å². The summed E-state index contributed by atoms with van der Waals surface area (Å²) in [5.41, 5.74) is 7.81. The Hall–Kier alpha value is -2.05. The second-order valence-corrected chi connectivity index (χ2v) is 5.02. The lowest BCUT2D eigenvalue weighted by Crippen LogP contribution is -3.00. The number of carbonyl (C=O) groups is 2. The van der Waals surface area contributed by atoms with Gasteiger partial charge in [-0.1, -0.05) is 11.6 Å². The van der Waals surface area contributed by atoms with Gasteiger partial charge in [-0.25, -0.2) is 9.59 Å². The third-order valence-electron chi connectivity index (χ3n) is 3.57. The van der Waals surface area contributed by atoms with Crippen molar-refractivity contribution < 1.29 is 31.5 Å². The number of benzene rings is 1. The van der Waals surface area contributed by atoms with E-state index in [4.69, 9.17) is 15.2 Å². The smallest absolute Gasteiger partial charge is 0.355 e. The SMILES string of the molecule is COC(=O)c1c(C(=O)OC)n(CCCN)c2ccc(C)cc12.[Cl-]. The molecule has 1 aromatic heterocycles. The van der Waals surface area contributed by atoms with E-state index in [2.05, 4.69) is 0 Å². The number of esters is 2. The molecule has 0 aliphatic heterocycles. The van der Waals surface area contributed by atoms with E-state index >= 15 is 0 Å². The summed E-state index contributed by atoms with van der Waals surface area (Å²) in [6.45, 7) is 2.94. The standard InChI is InChI=1S/C16H20N2O4.ClH/c1-10-5-6-12-11(9-10)13(15(19)21-2)14(16(20)22-3)18(12)8-4-7-17;/h5-6,9H,4,7-8,17H2,1-3H3;1H/p-1. The quantitative estimate of drug-likeness (QED) is 0.697. The Morgan fingerprint density at radius 1 is 1.17 bits per heavy atom. The molecule has 0 unspecified atom stereocenters. The Bertz CT molecular complexity index is 724. The summed E-state index contributed by atoms with van der Waals surface area (Å²) in [4.78, 5) is 24.4. The van der Waals surface area contributed by atoms with Gasteiger partial charge in [0.2, 0.25) is 0 Å². The van der Waals surface area contributed by atoms with E-state index in [1.165, 1.54) is 14.2 Å². The van der Waals surface area contributed by atoms with Gasteiger partial charge >= 0.3 is 11.9 Å². The first-order chi connectivity index (χ1) is 10.5. The Morgan fingerprint density at radius 2 is 1.83 bits per heavy atom. The van der Waals surface area contributed by atoms with Crippen LogP contribution in [0.2, 0.25) is 0 Å². The van der Waals surface area contributed by atoms with Crippen LogP contribution in [0.25, 0.3) is 10.9 Å². The predicted octanol–water partition coefficient (Wildman–Crippen LogP) is -1.12. The lowest BCUT2D eigenvalue weighted by molar-refractivity contribution is -0.0000322. The van der Waals surface area contributed by atoms with Crippen molar-refractivity contribution in [2.75, 3.05) is 20.8 Å². The molecular weight excluding hydrogens is 320 g/mol. The number of aromatic nitrogens is 1. The van der Waals surface area contributed by atoms with E-state index in [1.54, 1.807) is 4.57 Å².